The summed E-state index contributed by atoms with van der Waals surface area (Å²) in [6.45, 7) is 10.2. The molecule has 0 amide bonds. The quantitative estimate of drug-likeness (QED) is 0.504. The Hall–Kier alpha value is -1.88. The number of hydrogen-bond acceptors (Lipinski definition) is 8. The van der Waals surface area contributed by atoms with Gasteiger partial charge in [0.2, 0.25) is 0 Å². The average molecular weight is 533 g/mol. The highest BCUT2D eigenvalue weighted by Crippen LogP contribution is 2.16. The number of rotatable bonds is 8. The maximum Gasteiger partial charge on any atom is 0.112 e. The molecule has 0 radical (unpaired) electrons. The van der Waals surface area contributed by atoms with Gasteiger partial charge in [0.1, 0.15) is 11.2 Å². The van der Waals surface area contributed by atoms with Crippen LogP contribution in [0, 0.1) is 0 Å². The van der Waals surface area contributed by atoms with Crippen LogP contribution >= 0.6 is 0 Å². The lowest BCUT2D eigenvalue weighted by Crippen LogP contribution is -2.41. The molecule has 3 rings (SSSR count). The smallest absolute Gasteiger partial charge is 0.112 e. The topological polar surface area (TPSA) is 73.8 Å². The van der Waals surface area contributed by atoms with Gasteiger partial charge in [-0.25, -0.2) is 0 Å². The zero-order valence-corrected chi connectivity index (χ0v) is 22.9. The lowest BCUT2D eigenvalue weighted by Gasteiger charge is -2.30. The van der Waals surface area contributed by atoms with Crippen LogP contribution in [0.2, 0.25) is 0 Å². The van der Waals surface area contributed by atoms with Crippen molar-refractivity contribution >= 4 is 0 Å². The van der Waals surface area contributed by atoms with Gasteiger partial charge in [-0.1, -0.05) is 60.7 Å². The van der Waals surface area contributed by atoms with Gasteiger partial charge < -0.3 is 37.9 Å². The van der Waals surface area contributed by atoms with Crippen molar-refractivity contribution in [3.8, 4) is 0 Å². The highest BCUT2D eigenvalue weighted by molar-refractivity contribution is 5.14. The Balaban J connectivity index is 1.44. The van der Waals surface area contributed by atoms with E-state index in [1.54, 1.807) is 0 Å². The van der Waals surface area contributed by atoms with Gasteiger partial charge in [-0.2, -0.15) is 0 Å². The summed E-state index contributed by atoms with van der Waals surface area (Å²) in [6, 6.07) is 20.2. The molecule has 2 aromatic rings. The fourth-order valence-electron chi connectivity index (χ4n) is 3.88. The van der Waals surface area contributed by atoms with Crippen LogP contribution in [0.5, 0.6) is 0 Å². The minimum atomic E-state index is -0.599. The summed E-state index contributed by atoms with van der Waals surface area (Å²) in [7, 11) is 0. The van der Waals surface area contributed by atoms with E-state index >= 15 is 0 Å². The Morgan fingerprint density at radius 2 is 0.895 bits per heavy atom. The largest absolute Gasteiger partial charge is 0.377 e. The third-order valence-corrected chi connectivity index (χ3v) is 5.95. The predicted molar refractivity (Wildman–Crippen MR) is 144 cm³/mol. The molecule has 212 valence electrons. The van der Waals surface area contributed by atoms with Crippen molar-refractivity contribution in [3.63, 3.8) is 0 Å². The average Bonchev–Trinajstić information content (AvgIpc) is 2.92. The molecular weight excluding hydrogens is 488 g/mol. The Kier molecular flexibility index (Phi) is 14.2. The molecule has 0 saturated carbocycles. The maximum absolute atomic E-state index is 6.15. The Morgan fingerprint density at radius 3 is 1.32 bits per heavy atom. The number of hydrogen-bond donors (Lipinski definition) is 0. The van der Waals surface area contributed by atoms with Gasteiger partial charge >= 0.3 is 0 Å². The van der Waals surface area contributed by atoms with Gasteiger partial charge in [-0.3, -0.25) is 0 Å². The standard InChI is InChI=1S/C30H44O8/c1-29(25-35-21-27-9-5-3-6-10-27)23-33-15-13-31-14-16-34-24-30(2,38-20-18-32-17-19-37-29)26-36-22-28-11-7-4-8-12-28/h3-12H,13-26H2,1-2H3/t29-,30-/m1/s1. The summed E-state index contributed by atoms with van der Waals surface area (Å²) in [4.78, 5) is 0. The summed E-state index contributed by atoms with van der Waals surface area (Å²) in [5.41, 5.74) is 1.04. The maximum atomic E-state index is 6.15. The second-order valence-electron chi connectivity index (χ2n) is 9.88. The van der Waals surface area contributed by atoms with Crippen molar-refractivity contribution in [2.24, 2.45) is 0 Å². The van der Waals surface area contributed by atoms with Crippen LogP contribution in [0.15, 0.2) is 60.7 Å². The van der Waals surface area contributed by atoms with E-state index in [2.05, 4.69) is 0 Å². The fraction of sp³-hybridized carbons (Fsp3) is 0.600. The highest BCUT2D eigenvalue weighted by Gasteiger charge is 2.28. The van der Waals surface area contributed by atoms with Crippen LogP contribution in [0.25, 0.3) is 0 Å². The molecule has 1 heterocycles. The molecule has 2 aromatic carbocycles. The molecular formula is C30H44O8. The summed E-state index contributed by atoms with van der Waals surface area (Å²) >= 11 is 0. The molecule has 2 atom stereocenters. The van der Waals surface area contributed by atoms with E-state index in [9.17, 15) is 0 Å². The number of ether oxygens (including phenoxy) is 8. The molecule has 8 heteroatoms. The first kappa shape index (κ1) is 30.7. The van der Waals surface area contributed by atoms with Crippen LogP contribution in [0.1, 0.15) is 25.0 Å². The van der Waals surface area contributed by atoms with Crippen LogP contribution in [-0.4, -0.2) is 90.5 Å². The van der Waals surface area contributed by atoms with Crippen molar-refractivity contribution < 1.29 is 37.9 Å². The van der Waals surface area contributed by atoms with Crippen molar-refractivity contribution in [2.45, 2.75) is 38.3 Å². The van der Waals surface area contributed by atoms with Crippen molar-refractivity contribution in [1.29, 1.82) is 0 Å². The van der Waals surface area contributed by atoms with Crippen LogP contribution in [0.3, 0.4) is 0 Å². The highest BCUT2D eigenvalue weighted by atomic mass is 16.6. The zero-order chi connectivity index (χ0) is 26.8. The van der Waals surface area contributed by atoms with Crippen molar-refractivity contribution in [3.05, 3.63) is 71.8 Å². The van der Waals surface area contributed by atoms with E-state index in [1.165, 1.54) is 0 Å². The molecule has 1 aliphatic rings. The van der Waals surface area contributed by atoms with Crippen molar-refractivity contribution in [2.75, 3.05) is 79.3 Å². The molecule has 1 saturated heterocycles. The molecule has 1 aliphatic heterocycles. The van der Waals surface area contributed by atoms with Gasteiger partial charge in [0.25, 0.3) is 0 Å². The molecule has 0 N–H and O–H groups in total. The van der Waals surface area contributed by atoms with E-state index in [-0.39, 0.29) is 0 Å². The number of benzene rings is 2. The Morgan fingerprint density at radius 1 is 0.526 bits per heavy atom. The van der Waals surface area contributed by atoms with Crippen LogP contribution in [-0.2, 0) is 51.1 Å². The molecule has 0 unspecified atom stereocenters. The zero-order valence-electron chi connectivity index (χ0n) is 22.9. The third-order valence-electron chi connectivity index (χ3n) is 5.95. The first-order valence-corrected chi connectivity index (χ1v) is 13.4. The van der Waals surface area contributed by atoms with E-state index < -0.39 is 11.2 Å². The Labute approximate surface area is 227 Å². The monoisotopic (exact) mass is 532 g/mol. The molecule has 0 bridgehead atoms. The molecule has 8 nitrogen and oxygen atoms in total. The second-order valence-corrected chi connectivity index (χ2v) is 9.88. The first-order chi connectivity index (χ1) is 18.6. The summed E-state index contributed by atoms with van der Waals surface area (Å²) in [5.74, 6) is 0. The van der Waals surface area contributed by atoms with Crippen LogP contribution in [0.4, 0.5) is 0 Å². The first-order valence-electron chi connectivity index (χ1n) is 13.4. The minimum Gasteiger partial charge on any atom is -0.377 e. The van der Waals surface area contributed by atoms with E-state index in [4.69, 9.17) is 37.9 Å². The lowest BCUT2D eigenvalue weighted by molar-refractivity contribution is -0.154. The Bertz CT molecular complexity index is 782. The van der Waals surface area contributed by atoms with Gasteiger partial charge in [0.15, 0.2) is 0 Å². The molecule has 38 heavy (non-hydrogen) atoms. The van der Waals surface area contributed by atoms with Crippen LogP contribution < -0.4 is 0 Å². The van der Waals surface area contributed by atoms with Gasteiger partial charge in [0, 0.05) is 0 Å². The molecule has 0 spiro atoms. The summed E-state index contributed by atoms with van der Waals surface area (Å²) in [5, 5.41) is 0. The van der Waals surface area contributed by atoms with Gasteiger partial charge in [-0.05, 0) is 25.0 Å². The predicted octanol–water partition coefficient (Wildman–Crippen LogP) is 4.05. The van der Waals surface area contributed by atoms with E-state index in [0.29, 0.717) is 92.5 Å². The van der Waals surface area contributed by atoms with Gasteiger partial charge in [0.05, 0.1) is 92.5 Å². The lowest BCUT2D eigenvalue weighted by atomic mass is 10.1. The minimum absolute atomic E-state index is 0.395. The van der Waals surface area contributed by atoms with Gasteiger partial charge in [-0.15, -0.1) is 0 Å². The SMILES string of the molecule is C[C@]1(COCc2ccccc2)COCCOCCOC[C@](C)(COCc2ccccc2)OCCOCCO1. The molecule has 0 aliphatic carbocycles. The normalized spacial score (nSPS) is 25.3. The molecule has 1 fully saturated rings. The second kappa shape index (κ2) is 17.7. The summed E-state index contributed by atoms with van der Waals surface area (Å²) < 4.78 is 47.4. The summed E-state index contributed by atoms with van der Waals surface area (Å²) in [6.07, 6.45) is 0. The van der Waals surface area contributed by atoms with Crippen molar-refractivity contribution in [1.82, 2.24) is 0 Å². The fourth-order valence-corrected chi connectivity index (χ4v) is 3.88. The molecule has 0 aromatic heterocycles. The van der Waals surface area contributed by atoms with E-state index in [0.717, 1.165) is 11.1 Å². The van der Waals surface area contributed by atoms with E-state index in [1.807, 2.05) is 74.5 Å². The third kappa shape index (κ3) is 12.8.